The van der Waals surface area contributed by atoms with Gasteiger partial charge < -0.3 is 9.64 Å². The fraction of sp³-hybridized carbons (Fsp3) is 0.889. The first kappa shape index (κ1) is 11.0. The number of ether oxygens (including phenoxy) is 1. The fourth-order valence-corrected chi connectivity index (χ4v) is 1.68. The van der Waals surface area contributed by atoms with Gasteiger partial charge in [-0.05, 0) is 19.3 Å². The van der Waals surface area contributed by atoms with Crippen LogP contribution < -0.4 is 0 Å². The first-order valence-electron chi connectivity index (χ1n) is 4.68. The van der Waals surface area contributed by atoms with Gasteiger partial charge in [0.15, 0.2) is 0 Å². The lowest BCUT2D eigenvalue weighted by molar-refractivity contribution is -0.139. The number of alkyl halides is 1. The van der Waals surface area contributed by atoms with E-state index in [0.29, 0.717) is 0 Å². The minimum Gasteiger partial charge on any atom is -0.368 e. The molecule has 0 aliphatic carbocycles. The van der Waals surface area contributed by atoms with Crippen LogP contribution in [-0.4, -0.2) is 42.4 Å². The highest BCUT2D eigenvalue weighted by molar-refractivity contribution is 9.09. The molecule has 1 aliphatic heterocycles. The minimum atomic E-state index is -0.166. The van der Waals surface area contributed by atoms with Crippen LogP contribution in [0.15, 0.2) is 0 Å². The maximum atomic E-state index is 11.6. The average Bonchev–Trinajstić information content (AvgIpc) is 2.65. The highest BCUT2D eigenvalue weighted by Crippen LogP contribution is 2.14. The molecule has 0 aromatic heterocycles. The molecular formula is C9H16BrNO2. The maximum Gasteiger partial charge on any atom is 0.251 e. The SMILES string of the molecule is CN(CCCBr)C(=O)C1CCCO1. The monoisotopic (exact) mass is 249 g/mol. The lowest BCUT2D eigenvalue weighted by atomic mass is 10.2. The number of rotatable bonds is 4. The van der Waals surface area contributed by atoms with Gasteiger partial charge in [0.05, 0.1) is 0 Å². The zero-order chi connectivity index (χ0) is 9.68. The lowest BCUT2D eigenvalue weighted by Crippen LogP contribution is -2.36. The Morgan fingerprint density at radius 1 is 1.69 bits per heavy atom. The maximum absolute atomic E-state index is 11.6. The number of nitrogens with zero attached hydrogens (tertiary/aromatic N) is 1. The first-order valence-corrected chi connectivity index (χ1v) is 5.80. The number of carbonyl (C=O) groups excluding carboxylic acids is 1. The van der Waals surface area contributed by atoms with Crippen LogP contribution in [0.3, 0.4) is 0 Å². The van der Waals surface area contributed by atoms with Crippen molar-refractivity contribution in [3.8, 4) is 0 Å². The van der Waals surface area contributed by atoms with Crippen LogP contribution in [0.4, 0.5) is 0 Å². The summed E-state index contributed by atoms with van der Waals surface area (Å²) in [6.45, 7) is 1.55. The predicted molar refractivity (Wildman–Crippen MR) is 55.0 cm³/mol. The molecular weight excluding hydrogens is 234 g/mol. The van der Waals surface area contributed by atoms with Crippen molar-refractivity contribution in [2.45, 2.75) is 25.4 Å². The van der Waals surface area contributed by atoms with E-state index in [1.54, 1.807) is 4.90 Å². The summed E-state index contributed by atoms with van der Waals surface area (Å²) in [7, 11) is 1.84. The predicted octanol–water partition coefficient (Wildman–Crippen LogP) is 1.41. The molecule has 3 nitrogen and oxygen atoms in total. The Kier molecular flexibility index (Phi) is 4.73. The van der Waals surface area contributed by atoms with Crippen molar-refractivity contribution in [1.82, 2.24) is 4.90 Å². The molecule has 1 saturated heterocycles. The van der Waals surface area contributed by atoms with Gasteiger partial charge in [-0.1, -0.05) is 15.9 Å². The van der Waals surface area contributed by atoms with Crippen LogP contribution in [0.5, 0.6) is 0 Å². The van der Waals surface area contributed by atoms with Gasteiger partial charge in [0.2, 0.25) is 0 Å². The zero-order valence-electron chi connectivity index (χ0n) is 7.96. The van der Waals surface area contributed by atoms with Gasteiger partial charge in [-0.3, -0.25) is 4.79 Å². The van der Waals surface area contributed by atoms with E-state index >= 15 is 0 Å². The largest absolute Gasteiger partial charge is 0.368 e. The summed E-state index contributed by atoms with van der Waals surface area (Å²) in [6.07, 6.45) is 2.73. The second-order valence-electron chi connectivity index (χ2n) is 3.30. The van der Waals surface area contributed by atoms with E-state index in [1.165, 1.54) is 0 Å². The minimum absolute atomic E-state index is 0.137. The van der Waals surface area contributed by atoms with Crippen molar-refractivity contribution in [3.05, 3.63) is 0 Å². The molecule has 76 valence electrons. The highest BCUT2D eigenvalue weighted by Gasteiger charge is 2.25. The lowest BCUT2D eigenvalue weighted by Gasteiger charge is -2.19. The number of carbonyl (C=O) groups is 1. The Morgan fingerprint density at radius 3 is 3.00 bits per heavy atom. The summed E-state index contributed by atoms with van der Waals surface area (Å²) in [5, 5.41) is 0.941. The molecule has 0 N–H and O–H groups in total. The Hall–Kier alpha value is -0.0900. The third kappa shape index (κ3) is 3.27. The van der Waals surface area contributed by atoms with E-state index in [2.05, 4.69) is 15.9 Å². The summed E-state index contributed by atoms with van der Waals surface area (Å²) >= 11 is 3.34. The Balaban J connectivity index is 2.28. The second-order valence-corrected chi connectivity index (χ2v) is 4.10. The average molecular weight is 250 g/mol. The molecule has 1 fully saturated rings. The van der Waals surface area contributed by atoms with Gasteiger partial charge in [-0.15, -0.1) is 0 Å². The van der Waals surface area contributed by atoms with Crippen LogP contribution >= 0.6 is 15.9 Å². The molecule has 0 aromatic carbocycles. The van der Waals surface area contributed by atoms with Crippen LogP contribution in [-0.2, 0) is 9.53 Å². The molecule has 1 amide bonds. The molecule has 1 unspecified atom stereocenters. The quantitative estimate of drug-likeness (QED) is 0.706. The van der Waals surface area contributed by atoms with Crippen LogP contribution in [0.25, 0.3) is 0 Å². The van der Waals surface area contributed by atoms with Crippen molar-refractivity contribution in [2.24, 2.45) is 0 Å². The standard InChI is InChI=1S/C9H16BrNO2/c1-11(6-3-5-10)9(12)8-4-2-7-13-8/h8H,2-7H2,1H3. The van der Waals surface area contributed by atoms with Crippen molar-refractivity contribution < 1.29 is 9.53 Å². The Bertz CT molecular complexity index is 169. The molecule has 4 heteroatoms. The van der Waals surface area contributed by atoms with Gasteiger partial charge in [-0.25, -0.2) is 0 Å². The third-order valence-corrected chi connectivity index (χ3v) is 2.77. The Morgan fingerprint density at radius 2 is 2.46 bits per heavy atom. The zero-order valence-corrected chi connectivity index (χ0v) is 9.55. The number of amides is 1. The molecule has 0 spiro atoms. The second kappa shape index (κ2) is 5.60. The highest BCUT2D eigenvalue weighted by atomic mass is 79.9. The summed E-state index contributed by atoms with van der Waals surface area (Å²) in [5.41, 5.74) is 0. The van der Waals surface area contributed by atoms with Crippen molar-refractivity contribution >= 4 is 21.8 Å². The van der Waals surface area contributed by atoms with E-state index in [0.717, 1.165) is 37.7 Å². The number of likely N-dealkylation sites (N-methyl/N-ethyl adjacent to an activating group) is 1. The van der Waals surface area contributed by atoms with E-state index < -0.39 is 0 Å². The van der Waals surface area contributed by atoms with Gasteiger partial charge in [0.25, 0.3) is 5.91 Å². The van der Waals surface area contributed by atoms with Crippen LogP contribution in [0.2, 0.25) is 0 Å². The first-order chi connectivity index (χ1) is 6.25. The number of hydrogen-bond acceptors (Lipinski definition) is 2. The molecule has 0 radical (unpaired) electrons. The van der Waals surface area contributed by atoms with Crippen molar-refractivity contribution in [2.75, 3.05) is 25.5 Å². The number of halogens is 1. The van der Waals surface area contributed by atoms with Gasteiger partial charge in [0, 0.05) is 25.5 Å². The Labute approximate surface area is 87.6 Å². The summed E-state index contributed by atoms with van der Waals surface area (Å²) < 4.78 is 5.31. The molecule has 0 saturated carbocycles. The topological polar surface area (TPSA) is 29.5 Å². The van der Waals surface area contributed by atoms with Crippen molar-refractivity contribution in [1.29, 1.82) is 0 Å². The van der Waals surface area contributed by atoms with Gasteiger partial charge >= 0.3 is 0 Å². The van der Waals surface area contributed by atoms with E-state index in [-0.39, 0.29) is 12.0 Å². The van der Waals surface area contributed by atoms with Gasteiger partial charge in [0.1, 0.15) is 6.10 Å². The summed E-state index contributed by atoms with van der Waals surface area (Å²) in [5.74, 6) is 0.137. The molecule has 0 aromatic rings. The molecule has 1 rings (SSSR count). The molecule has 1 aliphatic rings. The van der Waals surface area contributed by atoms with Crippen molar-refractivity contribution in [3.63, 3.8) is 0 Å². The number of hydrogen-bond donors (Lipinski definition) is 0. The van der Waals surface area contributed by atoms with E-state index in [9.17, 15) is 4.79 Å². The summed E-state index contributed by atoms with van der Waals surface area (Å²) in [6, 6.07) is 0. The molecule has 1 atom stereocenters. The third-order valence-electron chi connectivity index (χ3n) is 2.21. The fourth-order valence-electron chi connectivity index (χ4n) is 1.43. The van der Waals surface area contributed by atoms with E-state index in [4.69, 9.17) is 4.74 Å². The molecule has 0 bridgehead atoms. The normalized spacial score (nSPS) is 21.8. The van der Waals surface area contributed by atoms with Crippen LogP contribution in [0, 0.1) is 0 Å². The van der Waals surface area contributed by atoms with Crippen LogP contribution in [0.1, 0.15) is 19.3 Å². The van der Waals surface area contributed by atoms with Gasteiger partial charge in [-0.2, -0.15) is 0 Å². The molecule has 13 heavy (non-hydrogen) atoms. The van der Waals surface area contributed by atoms with E-state index in [1.807, 2.05) is 7.05 Å². The molecule has 1 heterocycles. The smallest absolute Gasteiger partial charge is 0.251 e. The summed E-state index contributed by atoms with van der Waals surface area (Å²) in [4.78, 5) is 13.4.